The van der Waals surface area contributed by atoms with Gasteiger partial charge in [0.05, 0.1) is 0 Å². The minimum atomic E-state index is -0.556. The summed E-state index contributed by atoms with van der Waals surface area (Å²) in [5.41, 5.74) is 0.720. The van der Waals surface area contributed by atoms with Gasteiger partial charge >= 0.3 is 5.69 Å². The third kappa shape index (κ3) is 3.59. The Morgan fingerprint density at radius 3 is 2.50 bits per heavy atom. The number of aryl methyl sites for hydroxylation is 1. The van der Waals surface area contributed by atoms with Crippen LogP contribution in [0.3, 0.4) is 0 Å². The number of nitrogens with one attached hydrogen (secondary N) is 2. The van der Waals surface area contributed by atoms with Gasteiger partial charge in [0.1, 0.15) is 6.54 Å². The zero-order valence-corrected chi connectivity index (χ0v) is 16.8. The highest BCUT2D eigenvalue weighted by molar-refractivity contribution is 5.77. The molecule has 0 bridgehead atoms. The second-order valence-corrected chi connectivity index (χ2v) is 7.12. The maximum atomic E-state index is 13.2. The highest BCUT2D eigenvalue weighted by Gasteiger charge is 2.24. The molecule has 0 atom stereocenters. The Labute approximate surface area is 162 Å². The maximum Gasteiger partial charge on any atom is 0.332 e. The molecule has 1 amide bonds. The number of likely N-dealkylation sites (N-methyl/N-ethyl adjacent to an activating group) is 1. The SMILES string of the molecule is CNC(=O)Cn1c(=O)c2c(nc(N3CCNCC3)n2CC=C(C)C)n(C)c1=O. The molecule has 1 aliphatic rings. The number of carbonyl (C=O) groups is 1. The van der Waals surface area contributed by atoms with Gasteiger partial charge in [-0.3, -0.25) is 14.2 Å². The number of hydrogen-bond donors (Lipinski definition) is 2. The average molecular weight is 389 g/mol. The van der Waals surface area contributed by atoms with Crippen molar-refractivity contribution in [3.8, 4) is 0 Å². The number of nitrogens with zero attached hydrogens (tertiary/aromatic N) is 5. The van der Waals surface area contributed by atoms with Crippen molar-refractivity contribution in [2.45, 2.75) is 26.9 Å². The first-order valence-electron chi connectivity index (χ1n) is 9.34. The van der Waals surface area contributed by atoms with Crippen molar-refractivity contribution in [2.75, 3.05) is 38.1 Å². The first-order chi connectivity index (χ1) is 13.3. The van der Waals surface area contributed by atoms with E-state index in [2.05, 4.69) is 20.5 Å². The molecule has 28 heavy (non-hydrogen) atoms. The Balaban J connectivity index is 2.28. The van der Waals surface area contributed by atoms with Gasteiger partial charge in [-0.1, -0.05) is 11.6 Å². The zero-order valence-electron chi connectivity index (χ0n) is 16.8. The zero-order chi connectivity index (χ0) is 20.4. The predicted octanol–water partition coefficient (Wildman–Crippen LogP) is -0.981. The smallest absolute Gasteiger partial charge is 0.332 e. The number of fused-ring (bicyclic) bond motifs is 1. The lowest BCUT2D eigenvalue weighted by molar-refractivity contribution is -0.121. The van der Waals surface area contributed by atoms with E-state index in [9.17, 15) is 14.4 Å². The molecule has 0 spiro atoms. The lowest BCUT2D eigenvalue weighted by Crippen LogP contribution is -2.44. The van der Waals surface area contributed by atoms with E-state index in [4.69, 9.17) is 0 Å². The van der Waals surface area contributed by atoms with Crippen LogP contribution in [0.5, 0.6) is 0 Å². The summed E-state index contributed by atoms with van der Waals surface area (Å²) >= 11 is 0. The fourth-order valence-corrected chi connectivity index (χ4v) is 3.28. The molecule has 0 saturated carbocycles. The Hall–Kier alpha value is -2.88. The molecule has 3 rings (SSSR count). The summed E-state index contributed by atoms with van der Waals surface area (Å²) in [5, 5.41) is 5.75. The highest BCUT2D eigenvalue weighted by Crippen LogP contribution is 2.20. The van der Waals surface area contributed by atoms with Crippen molar-refractivity contribution in [1.82, 2.24) is 29.3 Å². The van der Waals surface area contributed by atoms with Gasteiger partial charge in [0, 0.05) is 46.8 Å². The monoisotopic (exact) mass is 389 g/mol. The van der Waals surface area contributed by atoms with Gasteiger partial charge in [-0.25, -0.2) is 9.36 Å². The van der Waals surface area contributed by atoms with Gasteiger partial charge in [-0.15, -0.1) is 0 Å². The van der Waals surface area contributed by atoms with Gasteiger partial charge in [-0.2, -0.15) is 4.98 Å². The molecular weight excluding hydrogens is 362 g/mol. The van der Waals surface area contributed by atoms with Gasteiger partial charge in [-0.05, 0) is 13.8 Å². The van der Waals surface area contributed by atoms with Crippen molar-refractivity contribution in [3.05, 3.63) is 32.5 Å². The predicted molar refractivity (Wildman–Crippen MR) is 108 cm³/mol. The lowest BCUT2D eigenvalue weighted by Gasteiger charge is -2.28. The van der Waals surface area contributed by atoms with E-state index in [0.717, 1.165) is 36.3 Å². The topological polar surface area (TPSA) is 106 Å². The second kappa shape index (κ2) is 8.01. The molecule has 1 aliphatic heterocycles. The highest BCUT2D eigenvalue weighted by atomic mass is 16.2. The summed E-state index contributed by atoms with van der Waals surface area (Å²) in [6, 6.07) is 0. The third-order valence-corrected chi connectivity index (χ3v) is 4.87. The van der Waals surface area contributed by atoms with Crippen LogP contribution < -0.4 is 26.8 Å². The number of allylic oxidation sites excluding steroid dienone is 2. The fourth-order valence-electron chi connectivity index (χ4n) is 3.28. The molecule has 2 aromatic heterocycles. The first-order valence-corrected chi connectivity index (χ1v) is 9.34. The summed E-state index contributed by atoms with van der Waals surface area (Å²) < 4.78 is 4.14. The third-order valence-electron chi connectivity index (χ3n) is 4.87. The van der Waals surface area contributed by atoms with E-state index >= 15 is 0 Å². The van der Waals surface area contributed by atoms with E-state index in [0.29, 0.717) is 23.7 Å². The molecule has 1 fully saturated rings. The van der Waals surface area contributed by atoms with Crippen LogP contribution in [0, 0.1) is 0 Å². The maximum absolute atomic E-state index is 13.2. The van der Waals surface area contributed by atoms with Crippen LogP contribution in [0.25, 0.3) is 11.2 Å². The molecule has 152 valence electrons. The average Bonchev–Trinajstić information content (AvgIpc) is 3.08. The van der Waals surface area contributed by atoms with Crippen molar-refractivity contribution in [3.63, 3.8) is 0 Å². The van der Waals surface area contributed by atoms with Crippen LogP contribution in [0.4, 0.5) is 5.95 Å². The molecule has 0 aliphatic carbocycles. The Morgan fingerprint density at radius 1 is 1.21 bits per heavy atom. The minimum Gasteiger partial charge on any atom is -0.358 e. The lowest BCUT2D eigenvalue weighted by atomic mass is 10.3. The van der Waals surface area contributed by atoms with Gasteiger partial charge in [0.2, 0.25) is 11.9 Å². The Bertz CT molecular complexity index is 1030. The number of rotatable bonds is 5. The van der Waals surface area contributed by atoms with Crippen molar-refractivity contribution >= 4 is 23.0 Å². The molecule has 0 radical (unpaired) electrons. The van der Waals surface area contributed by atoms with Gasteiger partial charge in [0.15, 0.2) is 11.2 Å². The first kappa shape index (κ1) is 19.9. The number of hydrogen-bond acceptors (Lipinski definition) is 6. The number of carbonyl (C=O) groups excluding carboxylic acids is 1. The van der Waals surface area contributed by atoms with Crippen molar-refractivity contribution < 1.29 is 4.79 Å². The van der Waals surface area contributed by atoms with Crippen LogP contribution >= 0.6 is 0 Å². The van der Waals surface area contributed by atoms with Gasteiger partial charge in [0.25, 0.3) is 5.56 Å². The molecule has 0 aromatic carbocycles. The van der Waals surface area contributed by atoms with E-state index in [1.54, 1.807) is 7.05 Å². The summed E-state index contributed by atoms with van der Waals surface area (Å²) in [5.74, 6) is 0.259. The molecule has 10 nitrogen and oxygen atoms in total. The van der Waals surface area contributed by atoms with Crippen molar-refractivity contribution in [1.29, 1.82) is 0 Å². The standard InChI is InChI=1S/C18H27N7O3/c1-12(2)5-8-24-14-15(21-17(24)23-9-6-20-7-10-23)22(4)18(28)25(16(14)27)11-13(26)19-3/h5,20H,6-11H2,1-4H3,(H,19,26). The van der Waals surface area contributed by atoms with Gasteiger partial charge < -0.3 is 20.1 Å². The summed E-state index contributed by atoms with van der Waals surface area (Å²) in [6.07, 6.45) is 2.01. The number of imidazole rings is 1. The van der Waals surface area contributed by atoms with E-state index < -0.39 is 17.2 Å². The van der Waals surface area contributed by atoms with Crippen LogP contribution in [0.2, 0.25) is 0 Å². The summed E-state index contributed by atoms with van der Waals surface area (Å²) in [4.78, 5) is 44.4. The summed E-state index contributed by atoms with van der Waals surface area (Å²) in [7, 11) is 3.04. The van der Waals surface area contributed by atoms with Crippen LogP contribution in [0.1, 0.15) is 13.8 Å². The summed E-state index contributed by atoms with van der Waals surface area (Å²) in [6.45, 7) is 7.29. The van der Waals surface area contributed by atoms with E-state index in [1.807, 2.05) is 24.5 Å². The largest absolute Gasteiger partial charge is 0.358 e. The quantitative estimate of drug-likeness (QED) is 0.637. The fraction of sp³-hybridized carbons (Fsp3) is 0.556. The molecule has 0 unspecified atom stereocenters. The molecule has 10 heteroatoms. The van der Waals surface area contributed by atoms with E-state index in [-0.39, 0.29) is 6.54 Å². The molecule has 2 aromatic rings. The number of amides is 1. The molecule has 3 heterocycles. The Morgan fingerprint density at radius 2 is 1.89 bits per heavy atom. The van der Waals surface area contributed by atoms with Crippen molar-refractivity contribution in [2.24, 2.45) is 7.05 Å². The molecule has 1 saturated heterocycles. The number of piperazine rings is 1. The molecular formula is C18H27N7O3. The van der Waals surface area contributed by atoms with Crippen LogP contribution in [-0.2, 0) is 24.9 Å². The number of anilines is 1. The Kier molecular flexibility index (Phi) is 5.68. The number of aromatic nitrogens is 4. The second-order valence-electron chi connectivity index (χ2n) is 7.12. The van der Waals surface area contributed by atoms with Crippen LogP contribution in [0.15, 0.2) is 21.2 Å². The van der Waals surface area contributed by atoms with E-state index in [1.165, 1.54) is 11.6 Å². The normalized spacial score (nSPS) is 14.4. The van der Waals surface area contributed by atoms with Crippen LogP contribution in [-0.4, -0.2) is 57.8 Å². The molecule has 2 N–H and O–H groups in total. The minimum absolute atomic E-state index is 0.325.